The van der Waals surface area contributed by atoms with Crippen LogP contribution in [0.4, 0.5) is 4.39 Å². The van der Waals surface area contributed by atoms with E-state index in [0.29, 0.717) is 6.29 Å². The molecular formula is C3H5FO2. The van der Waals surface area contributed by atoms with Crippen molar-refractivity contribution in [2.24, 2.45) is 0 Å². The predicted molar refractivity (Wildman–Crippen MR) is 18.0 cm³/mol. The largest absolute Gasteiger partial charge is 0.343 e. The minimum atomic E-state index is -0.876. The molecule has 3 heteroatoms. The second kappa shape index (κ2) is 4.56. The van der Waals surface area contributed by atoms with E-state index in [1.807, 2.05) is 0 Å². The molecule has 0 fully saturated rings. The van der Waals surface area contributed by atoms with Gasteiger partial charge in [-0.15, -0.1) is 0 Å². The van der Waals surface area contributed by atoms with Gasteiger partial charge in [0.2, 0.25) is 0 Å². The highest BCUT2D eigenvalue weighted by Crippen LogP contribution is 1.67. The van der Waals surface area contributed by atoms with Crippen LogP contribution in [0.2, 0.25) is 0 Å². The van der Waals surface area contributed by atoms with Gasteiger partial charge in [0.15, 0.2) is 6.86 Å². The average Bonchev–Trinajstić information content (AvgIpc) is 1.61. The van der Waals surface area contributed by atoms with Gasteiger partial charge in [-0.2, -0.15) is 0 Å². The fourth-order valence-corrected chi connectivity index (χ4v) is 0.0927. The summed E-state index contributed by atoms with van der Waals surface area (Å²) in [4.78, 5) is 9.27. The highest BCUT2D eigenvalue weighted by Gasteiger charge is 1.74. The van der Waals surface area contributed by atoms with Crippen LogP contribution in [0.5, 0.6) is 0 Å². The van der Waals surface area contributed by atoms with Crippen molar-refractivity contribution < 1.29 is 13.9 Å². The molecule has 0 aliphatic carbocycles. The van der Waals surface area contributed by atoms with E-state index in [1.54, 1.807) is 0 Å². The number of carbonyl (C=O) groups is 1. The number of alkyl halides is 1. The summed E-state index contributed by atoms with van der Waals surface area (Å²) >= 11 is 0. The zero-order valence-electron chi connectivity index (χ0n) is 3.19. The second-order valence-electron chi connectivity index (χ2n) is 0.647. The smallest absolute Gasteiger partial charge is 0.188 e. The van der Waals surface area contributed by atoms with Crippen molar-refractivity contribution >= 4 is 6.29 Å². The fourth-order valence-electron chi connectivity index (χ4n) is 0.0927. The molecule has 0 rings (SSSR count). The van der Waals surface area contributed by atoms with Gasteiger partial charge in [0.1, 0.15) is 12.9 Å². The third-order valence-electron chi connectivity index (χ3n) is 0.263. The van der Waals surface area contributed by atoms with Gasteiger partial charge < -0.3 is 9.53 Å². The van der Waals surface area contributed by atoms with E-state index >= 15 is 0 Å². The summed E-state index contributed by atoms with van der Waals surface area (Å²) in [7, 11) is 0. The maximum absolute atomic E-state index is 10.8. The molecule has 0 aromatic carbocycles. The monoisotopic (exact) mass is 92.0 g/mol. The highest BCUT2D eigenvalue weighted by molar-refractivity contribution is 5.50. The Kier molecular flexibility index (Phi) is 4.23. The molecule has 0 radical (unpaired) electrons. The van der Waals surface area contributed by atoms with Crippen molar-refractivity contribution in [1.29, 1.82) is 0 Å². The Morgan fingerprint density at radius 3 is 2.67 bits per heavy atom. The van der Waals surface area contributed by atoms with Crippen molar-refractivity contribution in [3.63, 3.8) is 0 Å². The summed E-state index contributed by atoms with van der Waals surface area (Å²) in [6.45, 7) is -1.02. The molecule has 0 amide bonds. The van der Waals surface area contributed by atoms with Gasteiger partial charge in [-0.1, -0.05) is 0 Å². The maximum atomic E-state index is 10.8. The molecule has 0 aromatic heterocycles. The Morgan fingerprint density at radius 1 is 1.83 bits per heavy atom. The number of carbonyl (C=O) groups excluding carboxylic acids is 1. The van der Waals surface area contributed by atoms with Crippen molar-refractivity contribution in [1.82, 2.24) is 0 Å². The molecule has 0 atom stereocenters. The molecule has 0 bridgehead atoms. The Bertz CT molecular complexity index is 37.8. The second-order valence-corrected chi connectivity index (χ2v) is 0.647. The van der Waals surface area contributed by atoms with E-state index in [-0.39, 0.29) is 6.61 Å². The van der Waals surface area contributed by atoms with Crippen molar-refractivity contribution in [3.8, 4) is 0 Å². The van der Waals surface area contributed by atoms with E-state index in [0.717, 1.165) is 0 Å². The summed E-state index contributed by atoms with van der Waals surface area (Å²) in [6.07, 6.45) is 0.500. The van der Waals surface area contributed by atoms with E-state index in [2.05, 4.69) is 4.74 Å². The molecule has 0 unspecified atom stereocenters. The van der Waals surface area contributed by atoms with Gasteiger partial charge in [0, 0.05) is 0 Å². The van der Waals surface area contributed by atoms with Crippen molar-refractivity contribution in [2.45, 2.75) is 0 Å². The lowest BCUT2D eigenvalue weighted by Crippen LogP contribution is -1.90. The Hall–Kier alpha value is -0.440. The first-order valence-corrected chi connectivity index (χ1v) is 1.49. The highest BCUT2D eigenvalue weighted by atomic mass is 19.1. The van der Waals surface area contributed by atoms with Crippen LogP contribution in [-0.4, -0.2) is 19.8 Å². The number of hydrogen-bond donors (Lipinski definition) is 0. The first-order chi connectivity index (χ1) is 2.91. The van der Waals surface area contributed by atoms with Gasteiger partial charge in [0.25, 0.3) is 0 Å². The van der Waals surface area contributed by atoms with Gasteiger partial charge >= 0.3 is 0 Å². The molecule has 36 valence electrons. The van der Waals surface area contributed by atoms with Crippen LogP contribution in [0, 0.1) is 0 Å². The molecule has 0 saturated carbocycles. The SMILES string of the molecule is O=CCOCF. The molecule has 0 aromatic rings. The molecule has 6 heavy (non-hydrogen) atoms. The molecule has 0 spiro atoms. The quantitative estimate of drug-likeness (QED) is 0.365. The minimum absolute atomic E-state index is 0.142. The molecule has 0 heterocycles. The van der Waals surface area contributed by atoms with E-state index in [1.165, 1.54) is 0 Å². The van der Waals surface area contributed by atoms with Crippen molar-refractivity contribution in [3.05, 3.63) is 0 Å². The lowest BCUT2D eigenvalue weighted by molar-refractivity contribution is -0.113. The Balaban J connectivity index is 2.49. The first-order valence-electron chi connectivity index (χ1n) is 1.49. The molecule has 0 saturated heterocycles. The maximum Gasteiger partial charge on any atom is 0.188 e. The minimum Gasteiger partial charge on any atom is -0.343 e. The lowest BCUT2D eigenvalue weighted by Gasteiger charge is -1.82. The number of rotatable bonds is 3. The van der Waals surface area contributed by atoms with Crippen LogP contribution in [0.1, 0.15) is 0 Å². The fraction of sp³-hybridized carbons (Fsp3) is 0.667. The zero-order valence-corrected chi connectivity index (χ0v) is 3.19. The Labute approximate surface area is 34.9 Å². The van der Waals surface area contributed by atoms with E-state index in [4.69, 9.17) is 0 Å². The van der Waals surface area contributed by atoms with Gasteiger partial charge in [0.05, 0.1) is 0 Å². The topological polar surface area (TPSA) is 26.3 Å². The van der Waals surface area contributed by atoms with Crippen LogP contribution in [0.25, 0.3) is 0 Å². The van der Waals surface area contributed by atoms with Crippen LogP contribution in [-0.2, 0) is 9.53 Å². The molecule has 0 aliphatic heterocycles. The molecule has 0 N–H and O–H groups in total. The summed E-state index contributed by atoms with van der Waals surface area (Å²) in [5, 5.41) is 0. The van der Waals surface area contributed by atoms with Gasteiger partial charge in [-0.3, -0.25) is 0 Å². The summed E-state index contributed by atoms with van der Waals surface area (Å²) in [6, 6.07) is 0. The zero-order chi connectivity index (χ0) is 4.83. The number of aldehydes is 1. The first kappa shape index (κ1) is 5.56. The summed E-state index contributed by atoms with van der Waals surface area (Å²) in [5.74, 6) is 0. The average molecular weight is 92.1 g/mol. The lowest BCUT2D eigenvalue weighted by atomic mass is 10.8. The molecule has 0 aliphatic rings. The summed E-state index contributed by atoms with van der Waals surface area (Å²) < 4.78 is 14.7. The third-order valence-corrected chi connectivity index (χ3v) is 0.263. The normalized spacial score (nSPS) is 8.17. The van der Waals surface area contributed by atoms with Gasteiger partial charge in [-0.25, -0.2) is 4.39 Å². The van der Waals surface area contributed by atoms with Crippen molar-refractivity contribution in [2.75, 3.05) is 13.5 Å². The number of ether oxygens (including phenoxy) is 1. The Morgan fingerprint density at radius 2 is 2.50 bits per heavy atom. The van der Waals surface area contributed by atoms with Crippen LogP contribution in [0.3, 0.4) is 0 Å². The molecular weight excluding hydrogens is 87.0 g/mol. The van der Waals surface area contributed by atoms with E-state index in [9.17, 15) is 9.18 Å². The standard InChI is InChI=1S/C3H5FO2/c4-3-6-2-1-5/h1H,2-3H2. The van der Waals surface area contributed by atoms with Crippen LogP contribution in [0.15, 0.2) is 0 Å². The number of hydrogen-bond acceptors (Lipinski definition) is 2. The third kappa shape index (κ3) is 3.56. The van der Waals surface area contributed by atoms with E-state index < -0.39 is 6.86 Å². The van der Waals surface area contributed by atoms with Gasteiger partial charge in [-0.05, 0) is 0 Å². The van der Waals surface area contributed by atoms with Crippen LogP contribution >= 0.6 is 0 Å². The molecule has 2 nitrogen and oxygen atoms in total. The predicted octanol–water partition coefficient (Wildman–Crippen LogP) is 0.129. The number of halogens is 1. The van der Waals surface area contributed by atoms with Crippen LogP contribution < -0.4 is 0 Å². The summed E-state index contributed by atoms with van der Waals surface area (Å²) in [5.41, 5.74) is 0.